The van der Waals surface area contributed by atoms with Gasteiger partial charge in [0.1, 0.15) is 0 Å². The number of benzene rings is 2. The molecule has 0 saturated carbocycles. The van der Waals surface area contributed by atoms with Crippen molar-refractivity contribution in [2.75, 3.05) is 28.4 Å². The van der Waals surface area contributed by atoms with E-state index in [9.17, 15) is 0 Å². The van der Waals surface area contributed by atoms with Gasteiger partial charge in [0.2, 0.25) is 0 Å². The third kappa shape index (κ3) is 8.22. The maximum absolute atomic E-state index is 5.00. The smallest absolute Gasteiger partial charge is 0.0713 e. The van der Waals surface area contributed by atoms with E-state index in [0.29, 0.717) is 26.4 Å². The van der Waals surface area contributed by atoms with E-state index in [1.165, 1.54) is 22.3 Å². The van der Waals surface area contributed by atoms with Gasteiger partial charge in [-0.05, 0) is 22.3 Å². The molecule has 0 spiro atoms. The Labute approximate surface area is 145 Å². The van der Waals surface area contributed by atoms with Crippen molar-refractivity contribution < 1.29 is 18.9 Å². The van der Waals surface area contributed by atoms with Crippen molar-refractivity contribution in [3.8, 4) is 0 Å². The highest BCUT2D eigenvalue weighted by Gasteiger charge is 1.93. The molecule has 0 fully saturated rings. The molecule has 2 rings (SSSR count). The molecule has 0 N–H and O–H groups in total. The van der Waals surface area contributed by atoms with Crippen LogP contribution in [0.15, 0.2) is 48.5 Å². The van der Waals surface area contributed by atoms with Crippen LogP contribution < -0.4 is 0 Å². The van der Waals surface area contributed by atoms with Crippen molar-refractivity contribution in [1.29, 1.82) is 0 Å². The molecule has 0 aliphatic rings. The van der Waals surface area contributed by atoms with Gasteiger partial charge in [-0.1, -0.05) is 48.5 Å². The maximum atomic E-state index is 5.00. The molecule has 0 amide bonds. The van der Waals surface area contributed by atoms with Crippen molar-refractivity contribution in [2.45, 2.75) is 26.4 Å². The summed E-state index contributed by atoms with van der Waals surface area (Å²) in [4.78, 5) is 0. The topological polar surface area (TPSA) is 36.9 Å². The fraction of sp³-hybridized carbons (Fsp3) is 0.400. The van der Waals surface area contributed by atoms with Crippen LogP contribution in [0.4, 0.5) is 0 Å². The molecule has 132 valence electrons. The van der Waals surface area contributed by atoms with Crippen LogP contribution >= 0.6 is 0 Å². The molecule has 4 nitrogen and oxygen atoms in total. The van der Waals surface area contributed by atoms with Gasteiger partial charge < -0.3 is 18.9 Å². The van der Waals surface area contributed by atoms with Crippen LogP contribution in [0.3, 0.4) is 0 Å². The number of ether oxygens (including phenoxy) is 4. The van der Waals surface area contributed by atoms with Crippen LogP contribution in [0, 0.1) is 0 Å². The zero-order valence-electron chi connectivity index (χ0n) is 15.1. The van der Waals surface area contributed by atoms with Crippen LogP contribution in [0.2, 0.25) is 0 Å². The molecule has 0 heterocycles. The second kappa shape index (κ2) is 12.7. The minimum atomic E-state index is 0.674. The lowest BCUT2D eigenvalue weighted by Crippen LogP contribution is -1.90. The zero-order chi connectivity index (χ0) is 17.6. The summed E-state index contributed by atoms with van der Waals surface area (Å²) >= 11 is 0. The van der Waals surface area contributed by atoms with Gasteiger partial charge in [0, 0.05) is 28.4 Å². The SMILES string of the molecule is COCc1ccc(COC)cc1.COCc1ccc(COC)cc1. The van der Waals surface area contributed by atoms with Crippen LogP contribution in [-0.4, -0.2) is 28.4 Å². The molecule has 0 radical (unpaired) electrons. The van der Waals surface area contributed by atoms with Crippen molar-refractivity contribution in [1.82, 2.24) is 0 Å². The van der Waals surface area contributed by atoms with E-state index in [1.807, 2.05) is 0 Å². The Hall–Kier alpha value is -1.72. The van der Waals surface area contributed by atoms with Gasteiger partial charge in [-0.3, -0.25) is 0 Å². The summed E-state index contributed by atoms with van der Waals surface area (Å²) in [6, 6.07) is 16.4. The average Bonchev–Trinajstić information content (AvgIpc) is 2.60. The molecule has 4 heteroatoms. The van der Waals surface area contributed by atoms with E-state index < -0.39 is 0 Å². The molecule has 2 aromatic rings. The standard InChI is InChI=1S/2C10H14O2/c2*1-11-7-9-3-5-10(6-4-9)8-12-2/h2*3-6H,7-8H2,1-2H3. The number of methoxy groups -OCH3 is 4. The summed E-state index contributed by atoms with van der Waals surface area (Å²) in [6.07, 6.45) is 0. The first-order valence-corrected chi connectivity index (χ1v) is 7.84. The van der Waals surface area contributed by atoms with Gasteiger partial charge in [-0.15, -0.1) is 0 Å². The predicted molar refractivity (Wildman–Crippen MR) is 95.7 cm³/mol. The van der Waals surface area contributed by atoms with Crippen molar-refractivity contribution in [3.63, 3.8) is 0 Å². The van der Waals surface area contributed by atoms with Crippen molar-refractivity contribution in [3.05, 3.63) is 70.8 Å². The Morgan fingerprint density at radius 2 is 0.583 bits per heavy atom. The van der Waals surface area contributed by atoms with E-state index in [4.69, 9.17) is 18.9 Å². The predicted octanol–water partition coefficient (Wildman–Crippen LogP) is 3.96. The number of hydrogen-bond acceptors (Lipinski definition) is 4. The summed E-state index contributed by atoms with van der Waals surface area (Å²) in [6.45, 7) is 2.70. The van der Waals surface area contributed by atoms with Gasteiger partial charge in [0.05, 0.1) is 26.4 Å². The Morgan fingerprint density at radius 3 is 0.708 bits per heavy atom. The molecule has 0 unspecified atom stereocenters. The Kier molecular flexibility index (Phi) is 10.7. The van der Waals surface area contributed by atoms with E-state index in [0.717, 1.165) is 0 Å². The molecule has 0 atom stereocenters. The molecule has 0 aliphatic carbocycles. The van der Waals surface area contributed by atoms with Crippen molar-refractivity contribution in [2.24, 2.45) is 0 Å². The molecular weight excluding hydrogens is 304 g/mol. The van der Waals surface area contributed by atoms with Crippen LogP contribution in [0.25, 0.3) is 0 Å². The van der Waals surface area contributed by atoms with E-state index >= 15 is 0 Å². The van der Waals surface area contributed by atoms with Gasteiger partial charge in [0.15, 0.2) is 0 Å². The Morgan fingerprint density at radius 1 is 0.417 bits per heavy atom. The van der Waals surface area contributed by atoms with E-state index in [2.05, 4.69) is 48.5 Å². The first-order valence-electron chi connectivity index (χ1n) is 7.84. The van der Waals surface area contributed by atoms with Crippen molar-refractivity contribution >= 4 is 0 Å². The zero-order valence-corrected chi connectivity index (χ0v) is 15.1. The van der Waals surface area contributed by atoms with Gasteiger partial charge in [-0.2, -0.15) is 0 Å². The maximum Gasteiger partial charge on any atom is 0.0713 e. The Bertz CT molecular complexity index is 433. The van der Waals surface area contributed by atoms with Gasteiger partial charge in [-0.25, -0.2) is 0 Å². The summed E-state index contributed by atoms with van der Waals surface area (Å²) in [5.74, 6) is 0. The first kappa shape index (κ1) is 20.3. The van der Waals surface area contributed by atoms with Gasteiger partial charge in [0.25, 0.3) is 0 Å². The normalized spacial score (nSPS) is 10.2. The third-order valence-corrected chi connectivity index (χ3v) is 3.29. The molecule has 0 saturated heterocycles. The van der Waals surface area contributed by atoms with Crippen LogP contribution in [0.1, 0.15) is 22.3 Å². The van der Waals surface area contributed by atoms with Crippen LogP contribution in [-0.2, 0) is 45.4 Å². The lowest BCUT2D eigenvalue weighted by Gasteiger charge is -2.01. The fourth-order valence-corrected chi connectivity index (χ4v) is 2.13. The molecule has 2 aromatic carbocycles. The number of hydrogen-bond donors (Lipinski definition) is 0. The fourth-order valence-electron chi connectivity index (χ4n) is 2.13. The highest BCUT2D eigenvalue weighted by atomic mass is 16.5. The summed E-state index contributed by atoms with van der Waals surface area (Å²) in [5, 5.41) is 0. The second-order valence-electron chi connectivity index (χ2n) is 5.37. The number of rotatable bonds is 8. The lowest BCUT2D eigenvalue weighted by molar-refractivity contribution is 0.182. The molecular formula is C20H28O4. The van der Waals surface area contributed by atoms with E-state index in [1.54, 1.807) is 28.4 Å². The molecule has 0 bridgehead atoms. The summed E-state index contributed by atoms with van der Waals surface area (Å²) < 4.78 is 20.0. The molecule has 0 aromatic heterocycles. The first-order chi connectivity index (χ1) is 11.7. The lowest BCUT2D eigenvalue weighted by atomic mass is 10.1. The minimum Gasteiger partial charge on any atom is -0.380 e. The second-order valence-corrected chi connectivity index (χ2v) is 5.37. The molecule has 24 heavy (non-hydrogen) atoms. The van der Waals surface area contributed by atoms with Gasteiger partial charge >= 0.3 is 0 Å². The quantitative estimate of drug-likeness (QED) is 0.733. The van der Waals surface area contributed by atoms with Crippen LogP contribution in [0.5, 0.6) is 0 Å². The largest absolute Gasteiger partial charge is 0.380 e. The Balaban J connectivity index is 0.000000240. The molecule has 0 aliphatic heterocycles. The highest BCUT2D eigenvalue weighted by molar-refractivity contribution is 5.22. The average molecular weight is 332 g/mol. The third-order valence-electron chi connectivity index (χ3n) is 3.29. The minimum absolute atomic E-state index is 0.674. The summed E-state index contributed by atoms with van der Waals surface area (Å²) in [5.41, 5.74) is 4.77. The summed E-state index contributed by atoms with van der Waals surface area (Å²) in [7, 11) is 6.79. The van der Waals surface area contributed by atoms with E-state index in [-0.39, 0.29) is 0 Å². The monoisotopic (exact) mass is 332 g/mol. The highest BCUT2D eigenvalue weighted by Crippen LogP contribution is 2.06.